The minimum absolute atomic E-state index is 0.0792. The number of aryl methyl sites for hydroxylation is 1. The van der Waals surface area contributed by atoms with Gasteiger partial charge >= 0.3 is 0 Å². The van der Waals surface area contributed by atoms with Gasteiger partial charge in [0.15, 0.2) is 0 Å². The van der Waals surface area contributed by atoms with Crippen LogP contribution in [0.25, 0.3) is 0 Å². The van der Waals surface area contributed by atoms with Crippen LogP contribution in [0.4, 0.5) is 4.48 Å². The lowest BCUT2D eigenvalue weighted by atomic mass is 10.1. The average molecular weight is 342 g/mol. The van der Waals surface area contributed by atoms with Gasteiger partial charge in [-0.3, -0.25) is 0 Å². The monoisotopic (exact) mass is 341 g/mol. The molecular formula is C16H17ClFNO2S. The van der Waals surface area contributed by atoms with Gasteiger partial charge in [-0.15, -0.1) is 16.1 Å². The van der Waals surface area contributed by atoms with Crippen LogP contribution in [0.1, 0.15) is 12.0 Å². The van der Waals surface area contributed by atoms with E-state index < -0.39 is 15.4 Å². The molecule has 6 heteroatoms. The Balaban J connectivity index is 1.92. The van der Waals surface area contributed by atoms with E-state index in [4.69, 9.17) is 11.6 Å². The molecule has 118 valence electrons. The molecule has 2 aromatic carbocycles. The highest BCUT2D eigenvalue weighted by Crippen LogP contribution is 2.18. The molecule has 0 fully saturated rings. The Hall–Kier alpha value is -1.43. The lowest BCUT2D eigenvalue weighted by Crippen LogP contribution is -2.29. The number of sulfonamides is 1. The first kappa shape index (κ1) is 16.9. The van der Waals surface area contributed by atoms with E-state index in [9.17, 15) is 12.9 Å². The molecule has 1 atom stereocenters. The number of alkyl halides is 1. The molecule has 0 aromatic heterocycles. The second-order valence-corrected chi connectivity index (χ2v) is 7.34. The maximum Gasteiger partial charge on any atom is 0.269 e. The summed E-state index contributed by atoms with van der Waals surface area (Å²) in [5.74, 6) is 0. The van der Waals surface area contributed by atoms with Crippen molar-refractivity contribution < 1.29 is 12.9 Å². The van der Waals surface area contributed by atoms with Gasteiger partial charge < -0.3 is 0 Å². The molecule has 0 radical (unpaired) electrons. The summed E-state index contributed by atoms with van der Waals surface area (Å²) in [7, 11) is -4.13. The third-order valence-corrected chi connectivity index (χ3v) is 5.13. The zero-order valence-electron chi connectivity index (χ0n) is 11.9. The van der Waals surface area contributed by atoms with Crippen molar-refractivity contribution in [3.8, 4) is 0 Å². The highest BCUT2D eigenvalue weighted by Gasteiger charge is 2.26. The molecule has 0 amide bonds. The first-order valence-corrected chi connectivity index (χ1v) is 8.79. The fraction of sp³-hybridized carbons (Fsp3) is 0.250. The molecule has 2 aromatic rings. The van der Waals surface area contributed by atoms with Gasteiger partial charge in [-0.2, -0.15) is 0 Å². The minimum Gasteiger partial charge on any atom is -0.205 e. The Morgan fingerprint density at radius 3 is 2.14 bits per heavy atom. The van der Waals surface area contributed by atoms with Crippen molar-refractivity contribution in [3.05, 3.63) is 66.2 Å². The quantitative estimate of drug-likeness (QED) is 0.567. The first-order chi connectivity index (χ1) is 10.5. The summed E-state index contributed by atoms with van der Waals surface area (Å²) in [6.45, 7) is -0.369. The average Bonchev–Trinajstić information content (AvgIpc) is 2.54. The van der Waals surface area contributed by atoms with Gasteiger partial charge in [0.2, 0.25) is 0 Å². The Morgan fingerprint density at radius 2 is 1.55 bits per heavy atom. The summed E-state index contributed by atoms with van der Waals surface area (Å²) < 4.78 is 37.9. The summed E-state index contributed by atoms with van der Waals surface area (Å²) in [6.07, 6.45) is 1.17. The molecule has 0 aliphatic carbocycles. The molecule has 3 nitrogen and oxygen atoms in total. The molecule has 0 saturated heterocycles. The standard InChI is InChI=1S/C16H17ClFNO2S/c17-15(12-11-14-7-3-1-4-8-14)13-19(18)22(20,21)16-9-5-2-6-10-16/h1-10,15H,11-13H2. The summed E-state index contributed by atoms with van der Waals surface area (Å²) in [4.78, 5) is -0.0792. The topological polar surface area (TPSA) is 37.4 Å². The fourth-order valence-corrected chi connectivity index (χ4v) is 3.44. The number of halogens is 2. The lowest BCUT2D eigenvalue weighted by molar-refractivity contribution is 0.137. The number of hydrogen-bond acceptors (Lipinski definition) is 2. The Kier molecular flexibility index (Phi) is 5.94. The van der Waals surface area contributed by atoms with Gasteiger partial charge in [0, 0.05) is 0 Å². The predicted octanol–water partition coefficient (Wildman–Crippen LogP) is 3.80. The molecule has 0 saturated carbocycles. The smallest absolute Gasteiger partial charge is 0.205 e. The van der Waals surface area contributed by atoms with Crippen LogP contribution in [0.5, 0.6) is 0 Å². The summed E-state index contributed by atoms with van der Waals surface area (Å²) in [6, 6.07) is 17.1. The minimum atomic E-state index is -4.13. The maximum absolute atomic E-state index is 14.0. The maximum atomic E-state index is 14.0. The molecule has 2 rings (SSSR count). The Bertz CT molecular complexity index is 680. The summed E-state index contributed by atoms with van der Waals surface area (Å²) >= 11 is 6.07. The number of hydrogen-bond donors (Lipinski definition) is 0. The summed E-state index contributed by atoms with van der Waals surface area (Å²) in [5, 5.41) is -0.594. The SMILES string of the molecule is O=S(=O)(c1ccccc1)N(F)CC(Cl)CCc1ccccc1. The second-order valence-electron chi connectivity index (χ2n) is 4.91. The van der Waals surface area contributed by atoms with Crippen LogP contribution in [0.2, 0.25) is 0 Å². The third-order valence-electron chi connectivity index (χ3n) is 3.23. The van der Waals surface area contributed by atoms with Gasteiger partial charge in [-0.05, 0) is 35.1 Å². The zero-order chi connectivity index (χ0) is 16.0. The van der Waals surface area contributed by atoms with Crippen molar-refractivity contribution in [2.45, 2.75) is 23.1 Å². The molecular weight excluding hydrogens is 325 g/mol. The third kappa shape index (κ3) is 4.53. The predicted molar refractivity (Wildman–Crippen MR) is 85.8 cm³/mol. The molecule has 0 spiro atoms. The molecule has 22 heavy (non-hydrogen) atoms. The van der Waals surface area contributed by atoms with Gasteiger partial charge in [-0.25, -0.2) is 8.42 Å². The normalized spacial score (nSPS) is 13.2. The van der Waals surface area contributed by atoms with Crippen LogP contribution in [0.3, 0.4) is 0 Å². The van der Waals surface area contributed by atoms with Crippen LogP contribution in [0, 0.1) is 0 Å². The van der Waals surface area contributed by atoms with Crippen LogP contribution in [-0.2, 0) is 16.4 Å². The van der Waals surface area contributed by atoms with Crippen molar-refractivity contribution in [1.82, 2.24) is 4.53 Å². The molecule has 0 bridgehead atoms. The first-order valence-electron chi connectivity index (χ1n) is 6.91. The zero-order valence-corrected chi connectivity index (χ0v) is 13.5. The van der Waals surface area contributed by atoms with Crippen LogP contribution in [0.15, 0.2) is 65.6 Å². The van der Waals surface area contributed by atoms with Crippen LogP contribution < -0.4 is 0 Å². The number of rotatable bonds is 7. The van der Waals surface area contributed by atoms with E-state index in [2.05, 4.69) is 0 Å². The molecule has 0 aliphatic rings. The van der Waals surface area contributed by atoms with E-state index in [0.717, 1.165) is 5.56 Å². The van der Waals surface area contributed by atoms with Crippen molar-refractivity contribution in [2.75, 3.05) is 6.54 Å². The molecule has 0 N–H and O–H groups in total. The van der Waals surface area contributed by atoms with E-state index in [0.29, 0.717) is 12.8 Å². The van der Waals surface area contributed by atoms with E-state index in [1.807, 2.05) is 30.3 Å². The molecule has 0 heterocycles. The highest BCUT2D eigenvalue weighted by atomic mass is 35.5. The van der Waals surface area contributed by atoms with E-state index in [1.165, 1.54) is 12.1 Å². The van der Waals surface area contributed by atoms with Crippen LogP contribution >= 0.6 is 11.6 Å². The molecule has 0 aliphatic heterocycles. The Labute approximate surface area is 135 Å². The number of nitrogens with zero attached hydrogens (tertiary/aromatic N) is 1. The van der Waals surface area contributed by atoms with Gasteiger partial charge in [-0.1, -0.05) is 48.5 Å². The van der Waals surface area contributed by atoms with Gasteiger partial charge in [0.1, 0.15) is 0 Å². The molecule has 1 unspecified atom stereocenters. The van der Waals surface area contributed by atoms with Gasteiger partial charge in [0.05, 0.1) is 16.8 Å². The van der Waals surface area contributed by atoms with E-state index >= 15 is 0 Å². The van der Waals surface area contributed by atoms with Crippen molar-refractivity contribution in [3.63, 3.8) is 0 Å². The largest absolute Gasteiger partial charge is 0.269 e. The van der Waals surface area contributed by atoms with Crippen molar-refractivity contribution >= 4 is 21.6 Å². The van der Waals surface area contributed by atoms with Crippen LogP contribution in [-0.4, -0.2) is 24.9 Å². The van der Waals surface area contributed by atoms with Crippen molar-refractivity contribution in [1.29, 1.82) is 0 Å². The fourth-order valence-electron chi connectivity index (χ4n) is 2.02. The lowest BCUT2D eigenvalue weighted by Gasteiger charge is -2.16. The second kappa shape index (κ2) is 7.72. The summed E-state index contributed by atoms with van der Waals surface area (Å²) in [5.41, 5.74) is 1.09. The van der Waals surface area contributed by atoms with Gasteiger partial charge in [0.25, 0.3) is 10.0 Å². The van der Waals surface area contributed by atoms with E-state index in [1.54, 1.807) is 18.2 Å². The van der Waals surface area contributed by atoms with Crippen molar-refractivity contribution in [2.24, 2.45) is 0 Å². The van der Waals surface area contributed by atoms with E-state index in [-0.39, 0.29) is 16.0 Å². The highest BCUT2D eigenvalue weighted by molar-refractivity contribution is 7.89. The Morgan fingerprint density at radius 1 is 1.00 bits per heavy atom. The number of benzene rings is 2.